The largest absolute Gasteiger partial charge is 1.00 e. The van der Waals surface area contributed by atoms with Crippen LogP contribution in [0.3, 0.4) is 0 Å². The van der Waals surface area contributed by atoms with Crippen molar-refractivity contribution in [3.05, 3.63) is 0 Å². The number of hydrogen-bond acceptors (Lipinski definition) is 0. The molecule has 0 fully saturated rings. The zero-order chi connectivity index (χ0) is 20.3. The number of rotatable bonds is 16. The number of quaternary nitrogens is 2. The Balaban J connectivity index is -0.000000364. The van der Waals surface area contributed by atoms with Gasteiger partial charge in [0.2, 0.25) is 0 Å². The summed E-state index contributed by atoms with van der Waals surface area (Å²) in [5.41, 5.74) is 0. The molecule has 0 unspecified atom stereocenters. The van der Waals surface area contributed by atoms with Crippen LogP contribution in [0.15, 0.2) is 0 Å². The van der Waals surface area contributed by atoms with Crippen LogP contribution < -0.4 is 29.4 Å². The summed E-state index contributed by atoms with van der Waals surface area (Å²) < 4.78 is 2.44. The highest BCUT2D eigenvalue weighted by Crippen LogP contribution is 2.18. The molecule has 0 radical (unpaired) electrons. The Kier molecular flexibility index (Phi) is 30.9. The van der Waals surface area contributed by atoms with Crippen molar-refractivity contribution in [1.82, 2.24) is 0 Å². The smallest absolute Gasteiger partial charge is 0.0786 e. The van der Waals surface area contributed by atoms with Crippen LogP contribution in [-0.4, -0.2) is 63.3 Å². The van der Waals surface area contributed by atoms with Gasteiger partial charge in [0.1, 0.15) is 0 Å². The summed E-state index contributed by atoms with van der Waals surface area (Å²) in [6.45, 7) is 15.1. The van der Waals surface area contributed by atoms with Gasteiger partial charge in [-0.3, -0.25) is 0 Å². The van der Waals surface area contributed by atoms with Gasteiger partial charge in [0.25, 0.3) is 0 Å². The highest BCUT2D eigenvalue weighted by atomic mass is 79.9. The third-order valence-electron chi connectivity index (χ3n) is 4.94. The molecule has 0 aromatic rings. The normalized spacial score (nSPS) is 11.1. The third kappa shape index (κ3) is 28.9. The molecular weight excluding hydrogens is 432 g/mol. The fourth-order valence-electron chi connectivity index (χ4n) is 3.46. The van der Waals surface area contributed by atoms with Gasteiger partial charge >= 0.3 is 0 Å². The van der Waals surface area contributed by atoms with E-state index < -0.39 is 0 Å². The minimum Gasteiger partial charge on any atom is -1.00 e. The summed E-state index contributed by atoms with van der Waals surface area (Å²) in [5.74, 6) is 0. The van der Waals surface area contributed by atoms with Crippen LogP contribution in [0.25, 0.3) is 0 Å². The van der Waals surface area contributed by atoms with Crippen molar-refractivity contribution in [3.8, 4) is 0 Å². The number of halogens is 2. The van der Waals surface area contributed by atoms with Gasteiger partial charge in [-0.05, 0) is 51.4 Å². The Bertz CT molecular complexity index is 229. The molecule has 0 N–H and O–H groups in total. The second-order valence-electron chi connectivity index (χ2n) is 9.75. The molecule has 0 heterocycles. The molecule has 0 saturated carbocycles. The summed E-state index contributed by atoms with van der Waals surface area (Å²) in [6.07, 6.45) is 16.9. The van der Waals surface area contributed by atoms with Crippen LogP contribution in [0.4, 0.5) is 0 Å². The van der Waals surface area contributed by atoms with E-state index in [0.717, 1.165) is 4.48 Å². The van der Waals surface area contributed by atoms with Gasteiger partial charge in [-0.25, -0.2) is 0 Å². The van der Waals surface area contributed by atoms with E-state index in [-0.39, 0.29) is 29.4 Å². The van der Waals surface area contributed by atoms with Crippen molar-refractivity contribution in [2.75, 3.05) is 54.4 Å². The first-order valence-corrected chi connectivity index (χ1v) is 11.9. The Labute approximate surface area is 197 Å². The number of unbranched alkanes of at least 4 members (excludes halogenated alkanes) is 8. The molecule has 0 rings (SSSR count). The maximum absolute atomic E-state index is 2.33. The van der Waals surface area contributed by atoms with Crippen LogP contribution >= 0.6 is 0 Å². The van der Waals surface area contributed by atoms with Gasteiger partial charge in [0.05, 0.1) is 54.4 Å². The monoisotopic (exact) mass is 486 g/mol. The lowest BCUT2D eigenvalue weighted by molar-refractivity contribution is -0.929. The van der Waals surface area contributed by atoms with Gasteiger partial charge < -0.3 is 38.4 Å². The predicted molar refractivity (Wildman–Crippen MR) is 122 cm³/mol. The van der Waals surface area contributed by atoms with E-state index in [0.29, 0.717) is 0 Å². The fourth-order valence-corrected chi connectivity index (χ4v) is 3.46. The van der Waals surface area contributed by atoms with E-state index in [2.05, 4.69) is 55.9 Å². The van der Waals surface area contributed by atoms with Gasteiger partial charge in [0.15, 0.2) is 0 Å². The van der Waals surface area contributed by atoms with E-state index in [1.165, 1.54) is 108 Å². The molecule has 0 aromatic heterocycles. The van der Waals surface area contributed by atoms with Gasteiger partial charge in [-0.1, -0.05) is 53.4 Å². The predicted octanol–water partition coefficient (Wildman–Crippen LogP) is 0.894. The Morgan fingerprint density at radius 1 is 0.429 bits per heavy atom. The first-order chi connectivity index (χ1) is 12.2. The third-order valence-corrected chi connectivity index (χ3v) is 4.94. The summed E-state index contributed by atoms with van der Waals surface area (Å²) in [7, 11) is 8.50. The average molecular weight is 488 g/mol. The van der Waals surface area contributed by atoms with Crippen LogP contribution in [0, 0.1) is 0 Å². The molecule has 0 aromatic carbocycles. The molecule has 0 saturated heterocycles. The first-order valence-electron chi connectivity index (χ1n) is 11.9. The van der Waals surface area contributed by atoms with Crippen molar-refractivity contribution in [3.63, 3.8) is 0 Å². The zero-order valence-corrected chi connectivity index (χ0v) is 23.3. The van der Waals surface area contributed by atoms with Gasteiger partial charge in [0, 0.05) is 0 Å². The highest BCUT2D eigenvalue weighted by molar-refractivity contribution is 4.51. The summed E-state index contributed by atoms with van der Waals surface area (Å²) in [5, 5.41) is 0. The fraction of sp³-hybridized carbons (Fsp3) is 1.00. The van der Waals surface area contributed by atoms with Crippen LogP contribution in [0.1, 0.15) is 105 Å². The van der Waals surface area contributed by atoms with E-state index in [1.807, 2.05) is 0 Å². The summed E-state index contributed by atoms with van der Waals surface area (Å²) in [4.78, 5) is 0. The molecule has 2 nitrogen and oxygen atoms in total. The van der Waals surface area contributed by atoms with Crippen LogP contribution in [0.2, 0.25) is 0 Å². The Hall–Kier alpha value is 0.690. The molecule has 28 heavy (non-hydrogen) atoms. The van der Waals surface area contributed by atoms with E-state index in [9.17, 15) is 0 Å². The lowest BCUT2D eigenvalue weighted by atomic mass is 10.1. The molecule has 0 amide bonds. The average Bonchev–Trinajstić information content (AvgIpc) is 2.54. The number of hydrogen-bond donors (Lipinski definition) is 0. The van der Waals surface area contributed by atoms with Crippen molar-refractivity contribution >= 4 is 0 Å². The molecule has 4 heteroatoms. The van der Waals surface area contributed by atoms with E-state index in [1.54, 1.807) is 0 Å². The SMILES string of the molecule is CCCCC[N+](CCCCC)(CCCCC)CCCCC.C[N+](C)(C)C.[Br-].[Cl-]. The topological polar surface area (TPSA) is 0 Å². The van der Waals surface area contributed by atoms with Gasteiger partial charge in [-0.2, -0.15) is 0 Å². The molecule has 0 aliphatic rings. The quantitative estimate of drug-likeness (QED) is 0.224. The van der Waals surface area contributed by atoms with E-state index in [4.69, 9.17) is 0 Å². The maximum atomic E-state index is 2.33. The molecule has 0 atom stereocenters. The second-order valence-corrected chi connectivity index (χ2v) is 9.75. The first kappa shape index (κ1) is 36.1. The summed E-state index contributed by atoms with van der Waals surface area (Å²) in [6, 6.07) is 0. The molecule has 0 bridgehead atoms. The maximum Gasteiger partial charge on any atom is 0.0786 e. The Morgan fingerprint density at radius 3 is 0.750 bits per heavy atom. The lowest BCUT2D eigenvalue weighted by Crippen LogP contribution is -3.00. The molecular formula is C24H56BrClN2. The molecule has 0 spiro atoms. The number of nitrogens with zero attached hydrogens (tertiary/aromatic N) is 2. The summed E-state index contributed by atoms with van der Waals surface area (Å²) >= 11 is 0. The minimum atomic E-state index is 0. The zero-order valence-electron chi connectivity index (χ0n) is 21.0. The second kappa shape index (κ2) is 24.0. The highest BCUT2D eigenvalue weighted by Gasteiger charge is 2.25. The van der Waals surface area contributed by atoms with Crippen molar-refractivity contribution in [2.45, 2.75) is 105 Å². The molecule has 176 valence electrons. The van der Waals surface area contributed by atoms with Crippen LogP contribution in [0.5, 0.6) is 0 Å². The lowest BCUT2D eigenvalue weighted by Gasteiger charge is -2.39. The van der Waals surface area contributed by atoms with E-state index >= 15 is 0 Å². The molecule has 0 aliphatic heterocycles. The van der Waals surface area contributed by atoms with Crippen molar-refractivity contribution in [1.29, 1.82) is 0 Å². The Morgan fingerprint density at radius 2 is 0.607 bits per heavy atom. The molecule has 0 aliphatic carbocycles. The van der Waals surface area contributed by atoms with Gasteiger partial charge in [-0.15, -0.1) is 0 Å². The van der Waals surface area contributed by atoms with Crippen molar-refractivity contribution < 1.29 is 38.4 Å². The van der Waals surface area contributed by atoms with Crippen LogP contribution in [-0.2, 0) is 0 Å². The van der Waals surface area contributed by atoms with Crippen molar-refractivity contribution in [2.24, 2.45) is 0 Å². The minimum absolute atomic E-state index is 0. The standard InChI is InChI=1S/C20H44N.C4H12N.BrH.ClH/c1-5-9-13-17-21(18-14-10-6-2,19-15-11-7-3)20-16-12-8-4;1-5(2,3)4;;/h5-20H2,1-4H3;1-4H3;2*1H/q2*+1;;/p-2.